The maximum absolute atomic E-state index is 12.1. The fraction of sp³-hybridized carbons (Fsp3) is 0.207. The molecule has 0 aliphatic rings. The van der Waals surface area contributed by atoms with Gasteiger partial charge in [-0.25, -0.2) is 14.6 Å². The lowest BCUT2D eigenvalue weighted by molar-refractivity contribution is -0.159. The summed E-state index contributed by atoms with van der Waals surface area (Å²) in [6.07, 6.45) is 0.296. The number of hydrogen-bond donors (Lipinski definition) is 2. The Labute approximate surface area is 214 Å². The number of oxazole rings is 1. The molecule has 0 unspecified atom stereocenters. The summed E-state index contributed by atoms with van der Waals surface area (Å²) in [6, 6.07) is 22.4. The largest absolute Gasteiger partial charge is 0.493 e. The number of aliphatic carboxylic acids is 1. The van der Waals surface area contributed by atoms with Crippen molar-refractivity contribution in [2.45, 2.75) is 25.4 Å². The molecule has 0 aliphatic carbocycles. The summed E-state index contributed by atoms with van der Waals surface area (Å²) in [7, 11) is 1.20. The number of aliphatic hydroxyl groups is 1. The molecule has 0 spiro atoms. The summed E-state index contributed by atoms with van der Waals surface area (Å²) in [6.45, 7) is 2.23. The molecule has 2 N–H and O–H groups in total. The molecule has 37 heavy (non-hydrogen) atoms. The van der Waals surface area contributed by atoms with E-state index in [1.807, 2.05) is 37.3 Å². The number of carbonyl (C=O) groups is 2. The molecule has 4 aromatic rings. The van der Waals surface area contributed by atoms with Crippen molar-refractivity contribution in [3.05, 3.63) is 107 Å². The summed E-state index contributed by atoms with van der Waals surface area (Å²) in [5.74, 6) is -0.309. The van der Waals surface area contributed by atoms with Crippen LogP contribution in [0.4, 0.5) is 0 Å². The highest BCUT2D eigenvalue weighted by atomic mass is 16.5. The monoisotopic (exact) mass is 501 g/mol. The number of aromatic nitrogens is 1. The van der Waals surface area contributed by atoms with E-state index in [0.717, 1.165) is 17.0 Å². The highest BCUT2D eigenvalue weighted by molar-refractivity contribution is 5.94. The number of esters is 1. The third-order valence-corrected chi connectivity index (χ3v) is 6.04. The summed E-state index contributed by atoms with van der Waals surface area (Å²) < 4.78 is 16.4. The van der Waals surface area contributed by atoms with E-state index in [1.165, 1.54) is 19.2 Å². The topological polar surface area (TPSA) is 119 Å². The number of carbonyl (C=O) groups excluding carboxylic acids is 1. The van der Waals surface area contributed by atoms with Crippen molar-refractivity contribution in [2.24, 2.45) is 0 Å². The van der Waals surface area contributed by atoms with Gasteiger partial charge in [0.2, 0.25) is 5.89 Å². The van der Waals surface area contributed by atoms with E-state index < -0.39 is 17.5 Å². The predicted octanol–water partition coefficient (Wildman–Crippen LogP) is 4.57. The van der Waals surface area contributed by atoms with Crippen LogP contribution >= 0.6 is 0 Å². The van der Waals surface area contributed by atoms with Crippen molar-refractivity contribution in [1.82, 2.24) is 4.98 Å². The zero-order chi connectivity index (χ0) is 26.4. The highest BCUT2D eigenvalue weighted by Gasteiger charge is 2.41. The lowest BCUT2D eigenvalue weighted by Crippen LogP contribution is -2.39. The molecular weight excluding hydrogens is 474 g/mol. The van der Waals surface area contributed by atoms with Crippen LogP contribution in [-0.2, 0) is 28.0 Å². The smallest absolute Gasteiger partial charge is 0.340 e. The third-order valence-electron chi connectivity index (χ3n) is 6.04. The van der Waals surface area contributed by atoms with Gasteiger partial charge in [0, 0.05) is 24.0 Å². The Kier molecular flexibility index (Phi) is 7.69. The number of hydrogen-bond acceptors (Lipinski definition) is 7. The number of methoxy groups -OCH3 is 1. The number of aryl methyl sites for hydroxylation is 1. The minimum atomic E-state index is -2.33. The molecule has 3 aromatic carbocycles. The number of benzene rings is 3. The second-order valence-corrected chi connectivity index (χ2v) is 8.51. The maximum atomic E-state index is 12.1. The molecule has 1 heterocycles. The van der Waals surface area contributed by atoms with Gasteiger partial charge in [0.05, 0.1) is 25.0 Å². The fourth-order valence-electron chi connectivity index (χ4n) is 4.05. The molecule has 1 atom stereocenters. The van der Waals surface area contributed by atoms with Crippen molar-refractivity contribution in [1.29, 1.82) is 0 Å². The standard InChI is InChI=1S/C29H27NO7/c1-19-25(30-26(37-19)21-8-4-3-5-9-21)16-17-36-22-14-12-20(13-15-22)18-29(34,28(32)33)24-11-7-6-10-23(24)27(31)35-2/h3-15,34H,16-18H2,1-2H3,(H,32,33)/t29-/m0/s1. The Morgan fingerprint density at radius 1 is 0.973 bits per heavy atom. The van der Waals surface area contributed by atoms with Gasteiger partial charge in [-0.3, -0.25) is 0 Å². The third kappa shape index (κ3) is 5.70. The van der Waals surface area contributed by atoms with Gasteiger partial charge >= 0.3 is 11.9 Å². The maximum Gasteiger partial charge on any atom is 0.340 e. The molecular formula is C29H27NO7. The van der Waals surface area contributed by atoms with Crippen LogP contribution < -0.4 is 4.74 Å². The highest BCUT2D eigenvalue weighted by Crippen LogP contribution is 2.30. The molecule has 190 valence electrons. The molecule has 0 saturated carbocycles. The van der Waals surface area contributed by atoms with E-state index in [4.69, 9.17) is 13.9 Å². The number of rotatable bonds is 10. The van der Waals surface area contributed by atoms with Crippen molar-refractivity contribution in [3.63, 3.8) is 0 Å². The summed E-state index contributed by atoms with van der Waals surface area (Å²) >= 11 is 0. The zero-order valence-electron chi connectivity index (χ0n) is 20.5. The Bertz CT molecular complexity index is 1380. The predicted molar refractivity (Wildman–Crippen MR) is 135 cm³/mol. The van der Waals surface area contributed by atoms with E-state index in [9.17, 15) is 19.8 Å². The van der Waals surface area contributed by atoms with Crippen LogP contribution in [0.2, 0.25) is 0 Å². The molecule has 8 heteroatoms. The summed E-state index contributed by atoms with van der Waals surface area (Å²) in [5.41, 5.74) is -0.0958. The molecule has 0 bridgehead atoms. The lowest BCUT2D eigenvalue weighted by Gasteiger charge is -2.26. The second-order valence-electron chi connectivity index (χ2n) is 8.51. The van der Waals surface area contributed by atoms with Gasteiger partial charge in [-0.1, -0.05) is 48.5 Å². The molecule has 0 saturated heterocycles. The van der Waals surface area contributed by atoms with Gasteiger partial charge in [-0.15, -0.1) is 0 Å². The van der Waals surface area contributed by atoms with Crippen LogP contribution in [0.5, 0.6) is 5.75 Å². The number of ether oxygens (including phenoxy) is 2. The normalized spacial score (nSPS) is 12.5. The molecule has 0 amide bonds. The molecule has 4 rings (SSSR count). The van der Waals surface area contributed by atoms with Crippen molar-refractivity contribution in [2.75, 3.05) is 13.7 Å². The first kappa shape index (κ1) is 25.7. The average Bonchev–Trinajstić information content (AvgIpc) is 3.29. The molecule has 0 fully saturated rings. The fourth-order valence-corrected chi connectivity index (χ4v) is 4.05. The van der Waals surface area contributed by atoms with Crippen LogP contribution in [0.3, 0.4) is 0 Å². The Hall–Kier alpha value is -4.43. The summed E-state index contributed by atoms with van der Waals surface area (Å²) in [5, 5.41) is 21.0. The quantitative estimate of drug-likeness (QED) is 0.303. The Balaban J connectivity index is 1.42. The molecule has 0 radical (unpaired) electrons. The summed E-state index contributed by atoms with van der Waals surface area (Å²) in [4.78, 5) is 28.8. The van der Waals surface area contributed by atoms with Gasteiger partial charge in [-0.05, 0) is 42.8 Å². The molecule has 0 aliphatic heterocycles. The first-order chi connectivity index (χ1) is 17.8. The van der Waals surface area contributed by atoms with Crippen LogP contribution in [0.1, 0.15) is 32.9 Å². The number of carboxylic acids is 1. The van der Waals surface area contributed by atoms with Crippen LogP contribution in [-0.4, -0.2) is 40.9 Å². The van der Waals surface area contributed by atoms with E-state index in [2.05, 4.69) is 4.98 Å². The lowest BCUT2D eigenvalue weighted by atomic mass is 9.84. The van der Waals surface area contributed by atoms with Gasteiger partial charge in [-0.2, -0.15) is 0 Å². The van der Waals surface area contributed by atoms with Crippen molar-refractivity contribution in [3.8, 4) is 17.2 Å². The van der Waals surface area contributed by atoms with Crippen molar-refractivity contribution >= 4 is 11.9 Å². The first-order valence-corrected chi connectivity index (χ1v) is 11.7. The van der Waals surface area contributed by atoms with Gasteiger partial charge in [0.1, 0.15) is 11.5 Å². The zero-order valence-corrected chi connectivity index (χ0v) is 20.5. The number of carboxylic acid groups (broad SMARTS) is 1. The second kappa shape index (κ2) is 11.1. The molecule has 1 aromatic heterocycles. The Morgan fingerprint density at radius 3 is 2.32 bits per heavy atom. The first-order valence-electron chi connectivity index (χ1n) is 11.7. The van der Waals surface area contributed by atoms with E-state index in [1.54, 1.807) is 36.4 Å². The average molecular weight is 502 g/mol. The minimum absolute atomic E-state index is 0.00609. The minimum Gasteiger partial charge on any atom is -0.493 e. The van der Waals surface area contributed by atoms with E-state index >= 15 is 0 Å². The van der Waals surface area contributed by atoms with Gasteiger partial charge in [0.25, 0.3) is 0 Å². The number of nitrogens with zero attached hydrogens (tertiary/aromatic N) is 1. The molecule has 8 nitrogen and oxygen atoms in total. The van der Waals surface area contributed by atoms with Crippen LogP contribution in [0.25, 0.3) is 11.5 Å². The SMILES string of the molecule is COC(=O)c1ccccc1[C@@](O)(Cc1ccc(OCCc2nc(-c3ccccc3)oc2C)cc1)C(=O)O. The van der Waals surface area contributed by atoms with Gasteiger partial charge in [0.15, 0.2) is 5.60 Å². The van der Waals surface area contributed by atoms with Crippen LogP contribution in [0, 0.1) is 6.92 Å². The van der Waals surface area contributed by atoms with Gasteiger partial charge < -0.3 is 24.1 Å². The Morgan fingerprint density at radius 2 is 1.65 bits per heavy atom. The van der Waals surface area contributed by atoms with Crippen molar-refractivity contribution < 1.29 is 33.7 Å². The van der Waals surface area contributed by atoms with Crippen LogP contribution in [0.15, 0.2) is 83.3 Å². The van der Waals surface area contributed by atoms with E-state index in [0.29, 0.717) is 30.2 Å². The van der Waals surface area contributed by atoms with E-state index in [-0.39, 0.29) is 17.5 Å².